The van der Waals surface area contributed by atoms with Gasteiger partial charge in [0.05, 0.1) is 11.9 Å². The van der Waals surface area contributed by atoms with Crippen LogP contribution in [-0.2, 0) is 24.9 Å². The number of nitrogens with zero attached hydrogens (tertiary/aromatic N) is 4. The molecule has 0 saturated heterocycles. The van der Waals surface area contributed by atoms with Crippen LogP contribution in [0, 0.1) is 6.92 Å². The van der Waals surface area contributed by atoms with Crippen molar-refractivity contribution in [1.29, 1.82) is 0 Å². The van der Waals surface area contributed by atoms with Crippen LogP contribution in [-0.4, -0.2) is 25.5 Å². The van der Waals surface area contributed by atoms with E-state index in [1.54, 1.807) is 24.3 Å². The van der Waals surface area contributed by atoms with Crippen LogP contribution < -0.4 is 10.9 Å². The highest BCUT2D eigenvalue weighted by molar-refractivity contribution is 5.78. The smallest absolute Gasteiger partial charge is 0.278 e. The summed E-state index contributed by atoms with van der Waals surface area (Å²) in [5.74, 6) is -0.282. The van der Waals surface area contributed by atoms with Gasteiger partial charge in [-0.25, -0.2) is 4.68 Å². The molecule has 0 atom stereocenters. The molecular formula is C16H17N5O2. The van der Waals surface area contributed by atoms with Crippen molar-refractivity contribution < 1.29 is 4.79 Å². The highest BCUT2D eigenvalue weighted by atomic mass is 16.2. The fourth-order valence-electron chi connectivity index (χ4n) is 2.35. The molecule has 1 amide bonds. The minimum atomic E-state index is -0.319. The van der Waals surface area contributed by atoms with Crippen LogP contribution in [0.15, 0.2) is 41.2 Å². The number of aromatic nitrogens is 4. The van der Waals surface area contributed by atoms with Crippen LogP contribution in [0.4, 0.5) is 0 Å². The van der Waals surface area contributed by atoms with E-state index in [1.807, 2.05) is 30.7 Å². The van der Waals surface area contributed by atoms with Gasteiger partial charge in [-0.05, 0) is 31.2 Å². The van der Waals surface area contributed by atoms with E-state index in [1.165, 1.54) is 0 Å². The van der Waals surface area contributed by atoms with Crippen LogP contribution in [0.1, 0.15) is 11.4 Å². The number of hydrogen-bond donors (Lipinski definition) is 1. The molecule has 3 rings (SSSR count). The van der Waals surface area contributed by atoms with Gasteiger partial charge in [-0.15, -0.1) is 5.10 Å². The topological polar surface area (TPSA) is 81.8 Å². The number of fused-ring (bicyclic) bond motifs is 1. The standard InChI is InChI=1S/C16H17N5O2/c1-11-7-8-12(20(11)2)9-17-15(22)10-21-16(23)13-5-3-4-6-14(13)18-19-21/h3-8H,9-10H2,1-2H3,(H,17,22). The number of nitrogens with one attached hydrogen (secondary N) is 1. The zero-order valence-corrected chi connectivity index (χ0v) is 13.0. The SMILES string of the molecule is Cc1ccc(CNC(=O)Cn2nnc3ccccc3c2=O)n1C. The number of aryl methyl sites for hydroxylation is 1. The van der Waals surface area contributed by atoms with Crippen LogP contribution in [0.25, 0.3) is 10.9 Å². The van der Waals surface area contributed by atoms with Crippen molar-refractivity contribution in [3.8, 4) is 0 Å². The third-order valence-corrected chi connectivity index (χ3v) is 3.87. The van der Waals surface area contributed by atoms with E-state index in [0.29, 0.717) is 17.4 Å². The Kier molecular flexibility index (Phi) is 3.92. The van der Waals surface area contributed by atoms with E-state index in [2.05, 4.69) is 15.6 Å². The van der Waals surface area contributed by atoms with E-state index >= 15 is 0 Å². The molecule has 0 aliphatic rings. The Hall–Kier alpha value is -2.96. The Balaban J connectivity index is 1.72. The second-order valence-electron chi connectivity index (χ2n) is 5.37. The summed E-state index contributed by atoms with van der Waals surface area (Å²) in [5, 5.41) is 11.0. The summed E-state index contributed by atoms with van der Waals surface area (Å²) in [5.41, 5.74) is 2.31. The lowest BCUT2D eigenvalue weighted by Crippen LogP contribution is -2.34. The molecule has 0 fully saturated rings. The average Bonchev–Trinajstić information content (AvgIpc) is 2.87. The number of hydrogen-bond acceptors (Lipinski definition) is 4. The maximum atomic E-state index is 12.3. The number of benzene rings is 1. The third-order valence-electron chi connectivity index (χ3n) is 3.87. The third kappa shape index (κ3) is 2.98. The first kappa shape index (κ1) is 15.0. The van der Waals surface area contributed by atoms with Gasteiger partial charge in [0.2, 0.25) is 5.91 Å². The predicted octanol–water partition coefficient (Wildman–Crippen LogP) is 0.755. The molecule has 1 aromatic carbocycles. The van der Waals surface area contributed by atoms with Crippen molar-refractivity contribution >= 4 is 16.8 Å². The van der Waals surface area contributed by atoms with Gasteiger partial charge in [0, 0.05) is 18.4 Å². The molecule has 0 aliphatic heterocycles. The lowest BCUT2D eigenvalue weighted by atomic mass is 10.2. The summed E-state index contributed by atoms with van der Waals surface area (Å²) < 4.78 is 3.08. The van der Waals surface area contributed by atoms with Gasteiger partial charge in [0.25, 0.3) is 5.56 Å². The molecule has 118 valence electrons. The minimum Gasteiger partial charge on any atom is -0.350 e. The molecule has 0 saturated carbocycles. The first-order valence-electron chi connectivity index (χ1n) is 7.26. The second kappa shape index (κ2) is 6.04. The van der Waals surface area contributed by atoms with E-state index in [0.717, 1.165) is 16.1 Å². The lowest BCUT2D eigenvalue weighted by molar-refractivity contribution is -0.122. The molecule has 3 aromatic rings. The number of rotatable bonds is 4. The Morgan fingerprint density at radius 2 is 2.00 bits per heavy atom. The Morgan fingerprint density at radius 1 is 1.22 bits per heavy atom. The Labute approximate surface area is 132 Å². The molecule has 0 unspecified atom stereocenters. The Bertz CT molecular complexity index is 926. The predicted molar refractivity (Wildman–Crippen MR) is 85.8 cm³/mol. The number of carbonyl (C=O) groups excluding carboxylic acids is 1. The molecule has 1 N–H and O–H groups in total. The molecule has 2 aromatic heterocycles. The molecule has 7 heteroatoms. The summed E-state index contributed by atoms with van der Waals surface area (Å²) in [7, 11) is 1.94. The molecule has 23 heavy (non-hydrogen) atoms. The highest BCUT2D eigenvalue weighted by Crippen LogP contribution is 2.05. The van der Waals surface area contributed by atoms with Crippen molar-refractivity contribution in [3.63, 3.8) is 0 Å². The second-order valence-corrected chi connectivity index (χ2v) is 5.37. The molecule has 0 spiro atoms. The summed E-state index contributed by atoms with van der Waals surface area (Å²) in [4.78, 5) is 24.3. The zero-order valence-electron chi connectivity index (χ0n) is 13.0. The van der Waals surface area contributed by atoms with Gasteiger partial charge in [0.1, 0.15) is 12.1 Å². The fraction of sp³-hybridized carbons (Fsp3) is 0.250. The van der Waals surface area contributed by atoms with Gasteiger partial charge < -0.3 is 9.88 Å². The van der Waals surface area contributed by atoms with Gasteiger partial charge in [-0.1, -0.05) is 17.3 Å². The maximum absolute atomic E-state index is 12.3. The van der Waals surface area contributed by atoms with Crippen LogP contribution in [0.3, 0.4) is 0 Å². The number of carbonyl (C=O) groups is 1. The molecular weight excluding hydrogens is 294 g/mol. The summed E-state index contributed by atoms with van der Waals surface area (Å²) >= 11 is 0. The molecule has 0 aliphatic carbocycles. The van der Waals surface area contributed by atoms with Crippen molar-refractivity contribution in [2.45, 2.75) is 20.0 Å². The summed E-state index contributed by atoms with van der Waals surface area (Å²) in [6.45, 7) is 2.24. The molecule has 7 nitrogen and oxygen atoms in total. The summed E-state index contributed by atoms with van der Waals surface area (Å²) in [6.07, 6.45) is 0. The maximum Gasteiger partial charge on any atom is 0.278 e. The van der Waals surface area contributed by atoms with Crippen LogP contribution in [0.2, 0.25) is 0 Å². The minimum absolute atomic E-state index is 0.153. The largest absolute Gasteiger partial charge is 0.350 e. The first-order valence-corrected chi connectivity index (χ1v) is 7.26. The quantitative estimate of drug-likeness (QED) is 0.771. The van der Waals surface area contributed by atoms with Crippen molar-refractivity contribution in [2.24, 2.45) is 7.05 Å². The summed E-state index contributed by atoms with van der Waals surface area (Å²) in [6, 6.07) is 10.9. The Morgan fingerprint density at radius 3 is 2.74 bits per heavy atom. The molecule has 0 bridgehead atoms. The van der Waals surface area contributed by atoms with Crippen molar-refractivity contribution in [1.82, 2.24) is 24.9 Å². The average molecular weight is 311 g/mol. The molecule has 2 heterocycles. The monoisotopic (exact) mass is 311 g/mol. The van der Waals surface area contributed by atoms with Gasteiger partial charge >= 0.3 is 0 Å². The first-order chi connectivity index (χ1) is 11.1. The fourth-order valence-corrected chi connectivity index (χ4v) is 2.35. The van der Waals surface area contributed by atoms with E-state index in [-0.39, 0.29) is 18.0 Å². The van der Waals surface area contributed by atoms with Gasteiger partial charge in [-0.3, -0.25) is 9.59 Å². The number of amides is 1. The molecule has 0 radical (unpaired) electrons. The van der Waals surface area contributed by atoms with E-state index in [4.69, 9.17) is 0 Å². The zero-order chi connectivity index (χ0) is 16.4. The highest BCUT2D eigenvalue weighted by Gasteiger charge is 2.10. The van der Waals surface area contributed by atoms with Crippen LogP contribution >= 0.6 is 0 Å². The van der Waals surface area contributed by atoms with Crippen LogP contribution in [0.5, 0.6) is 0 Å². The van der Waals surface area contributed by atoms with Gasteiger partial charge in [-0.2, -0.15) is 0 Å². The van der Waals surface area contributed by atoms with E-state index in [9.17, 15) is 9.59 Å². The van der Waals surface area contributed by atoms with Crippen molar-refractivity contribution in [3.05, 3.63) is 58.1 Å². The van der Waals surface area contributed by atoms with Gasteiger partial charge in [0.15, 0.2) is 0 Å². The normalized spacial score (nSPS) is 10.9. The lowest BCUT2D eigenvalue weighted by Gasteiger charge is -2.08. The van der Waals surface area contributed by atoms with Crippen molar-refractivity contribution in [2.75, 3.05) is 0 Å². The van der Waals surface area contributed by atoms with E-state index < -0.39 is 0 Å².